The molecule has 0 aliphatic carbocycles. The molecular formula is C57H102O12S. The minimum Gasteiger partial charge on any atom is -0.457 e. The van der Waals surface area contributed by atoms with Crippen LogP contribution in [0, 0.1) is 0 Å². The molecule has 1 aliphatic heterocycles. The van der Waals surface area contributed by atoms with Crippen molar-refractivity contribution in [1.82, 2.24) is 0 Å². The van der Waals surface area contributed by atoms with Gasteiger partial charge in [-0.25, -0.2) is 4.18 Å². The molecule has 1 aliphatic rings. The second kappa shape index (κ2) is 47.8. The number of hydrogen-bond donors (Lipinski definition) is 4. The first kappa shape index (κ1) is 65.8. The quantitative estimate of drug-likeness (QED) is 0.0196. The van der Waals surface area contributed by atoms with Gasteiger partial charge in [0.05, 0.1) is 19.8 Å². The summed E-state index contributed by atoms with van der Waals surface area (Å²) in [7, 11) is -5.07. The molecule has 6 atom stereocenters. The van der Waals surface area contributed by atoms with Gasteiger partial charge in [-0.05, 0) is 77.0 Å². The van der Waals surface area contributed by atoms with Crippen molar-refractivity contribution >= 4 is 16.4 Å². The van der Waals surface area contributed by atoms with E-state index in [1.54, 1.807) is 0 Å². The highest BCUT2D eigenvalue weighted by atomic mass is 32.3. The number of hydrogen-bond acceptors (Lipinski definition) is 11. The lowest BCUT2D eigenvalue weighted by Gasteiger charge is -2.41. The summed E-state index contributed by atoms with van der Waals surface area (Å²) >= 11 is 0. The molecule has 4 N–H and O–H groups in total. The van der Waals surface area contributed by atoms with Gasteiger partial charge in [-0.15, -0.1) is 0 Å². The van der Waals surface area contributed by atoms with Crippen molar-refractivity contribution in [3.63, 3.8) is 0 Å². The average molecular weight is 1010 g/mol. The predicted molar refractivity (Wildman–Crippen MR) is 285 cm³/mol. The van der Waals surface area contributed by atoms with E-state index in [-0.39, 0.29) is 19.6 Å². The van der Waals surface area contributed by atoms with Gasteiger partial charge in [-0.3, -0.25) is 9.35 Å². The van der Waals surface area contributed by atoms with Crippen molar-refractivity contribution in [1.29, 1.82) is 0 Å². The number of aliphatic hydroxyl groups is 3. The lowest BCUT2D eigenvalue weighted by atomic mass is 9.99. The number of ether oxygens (including phenoxy) is 4. The van der Waals surface area contributed by atoms with Gasteiger partial charge in [0.1, 0.15) is 30.5 Å². The standard InChI is InChI=1S/C57H102O12S/c1-3-5-7-9-11-13-15-17-19-21-22-23-24-25-26-27-28-29-31-33-35-37-39-41-43-45-47-65-49-51(50-66-57-55(61)56(69-70(62,63)64)54(60)52(48-58)68-57)67-53(59)46-44-42-40-38-36-34-32-30-20-18-16-14-12-10-8-6-4-2/h5,7,11,13,17-20,22-23,51-52,54-58,60-61H,3-4,6,8-10,12,14-16,21,24-50H2,1-2H3,(H,62,63,64)/b7-5-,13-11-,19-17-,20-18-,23-22-. The minimum atomic E-state index is -5.07. The molecule has 70 heavy (non-hydrogen) atoms. The molecule has 1 rings (SSSR count). The van der Waals surface area contributed by atoms with Gasteiger partial charge in [-0.1, -0.05) is 209 Å². The first-order valence-corrected chi connectivity index (χ1v) is 29.4. The lowest BCUT2D eigenvalue weighted by molar-refractivity contribution is -0.301. The maximum absolute atomic E-state index is 12.9. The Bertz CT molecular complexity index is 1450. The van der Waals surface area contributed by atoms with Crippen molar-refractivity contribution in [2.45, 2.75) is 269 Å². The molecule has 0 amide bonds. The van der Waals surface area contributed by atoms with E-state index >= 15 is 0 Å². The maximum atomic E-state index is 12.9. The Hall–Kier alpha value is -2.20. The summed E-state index contributed by atoms with van der Waals surface area (Å²) in [5.41, 5.74) is 0. The van der Waals surface area contributed by atoms with Crippen molar-refractivity contribution in [2.24, 2.45) is 0 Å². The molecular weight excluding hydrogens is 909 g/mol. The van der Waals surface area contributed by atoms with Crippen LogP contribution < -0.4 is 0 Å². The molecule has 1 fully saturated rings. The molecule has 1 saturated heterocycles. The Morgan fingerprint density at radius 1 is 0.557 bits per heavy atom. The number of carbonyl (C=O) groups is 1. The normalized spacial score (nSPS) is 19.5. The van der Waals surface area contributed by atoms with Crippen LogP contribution in [-0.2, 0) is 38.3 Å². The molecule has 0 aromatic carbocycles. The first-order chi connectivity index (χ1) is 34.1. The molecule has 0 spiro atoms. The second-order valence-electron chi connectivity index (χ2n) is 19.1. The van der Waals surface area contributed by atoms with Crippen molar-refractivity contribution in [3.8, 4) is 0 Å². The molecule has 1 heterocycles. The van der Waals surface area contributed by atoms with Crippen LogP contribution in [0.5, 0.6) is 0 Å². The third-order valence-corrected chi connectivity index (χ3v) is 13.1. The number of rotatable bonds is 49. The molecule has 0 saturated carbocycles. The number of aliphatic hydroxyl groups excluding tert-OH is 3. The zero-order valence-corrected chi connectivity index (χ0v) is 44.9. The molecule has 0 aromatic heterocycles. The zero-order chi connectivity index (χ0) is 51.0. The topological polar surface area (TPSA) is 178 Å². The van der Waals surface area contributed by atoms with Gasteiger partial charge in [0.25, 0.3) is 0 Å². The molecule has 0 bridgehead atoms. The van der Waals surface area contributed by atoms with E-state index in [1.807, 2.05) is 0 Å². The average Bonchev–Trinajstić information content (AvgIpc) is 3.34. The van der Waals surface area contributed by atoms with Crippen LogP contribution in [0.2, 0.25) is 0 Å². The van der Waals surface area contributed by atoms with E-state index in [0.717, 1.165) is 70.6 Å². The summed E-state index contributed by atoms with van der Waals surface area (Å²) in [5.74, 6) is -0.403. The van der Waals surface area contributed by atoms with E-state index < -0.39 is 59.8 Å². The highest BCUT2D eigenvalue weighted by Gasteiger charge is 2.48. The summed E-state index contributed by atoms with van der Waals surface area (Å²) in [6.45, 7) is 3.89. The highest BCUT2D eigenvalue weighted by Crippen LogP contribution is 2.26. The summed E-state index contributed by atoms with van der Waals surface area (Å²) in [5, 5.41) is 30.8. The van der Waals surface area contributed by atoms with Gasteiger partial charge in [0.15, 0.2) is 6.29 Å². The SMILES string of the molecule is CC/C=C\C/C=C\C/C=C\C/C=C\CCCCCCCCCCCCCCCOCC(COC1OC(CO)C(O)C(OS(=O)(=O)O)C1O)OC(=O)CCCCCCCCC/C=C\CCCCCCCC. The maximum Gasteiger partial charge on any atom is 0.397 e. The second-order valence-corrected chi connectivity index (χ2v) is 20.2. The fourth-order valence-corrected chi connectivity index (χ4v) is 8.93. The van der Waals surface area contributed by atoms with Crippen LogP contribution in [0.1, 0.15) is 232 Å². The third-order valence-electron chi connectivity index (χ3n) is 12.6. The molecule has 6 unspecified atom stereocenters. The Kier molecular flexibility index (Phi) is 44.9. The van der Waals surface area contributed by atoms with Crippen molar-refractivity contribution in [2.75, 3.05) is 26.4 Å². The number of unbranched alkanes of at least 4 members (excludes halogenated alkanes) is 26. The summed E-state index contributed by atoms with van der Waals surface area (Å²) in [6.07, 6.45) is 52.5. The Balaban J connectivity index is 2.29. The monoisotopic (exact) mass is 1010 g/mol. The van der Waals surface area contributed by atoms with Gasteiger partial charge in [0.2, 0.25) is 0 Å². The van der Waals surface area contributed by atoms with Crippen LogP contribution in [0.25, 0.3) is 0 Å². The number of esters is 1. The van der Waals surface area contributed by atoms with Crippen molar-refractivity contribution in [3.05, 3.63) is 60.8 Å². The fraction of sp³-hybridized carbons (Fsp3) is 0.807. The fourth-order valence-electron chi connectivity index (χ4n) is 8.42. The number of carbonyl (C=O) groups excluding carboxylic acids is 1. The van der Waals surface area contributed by atoms with Gasteiger partial charge >= 0.3 is 16.4 Å². The molecule has 408 valence electrons. The summed E-state index contributed by atoms with van der Waals surface area (Å²) in [4.78, 5) is 12.9. The van der Waals surface area contributed by atoms with E-state index in [4.69, 9.17) is 18.9 Å². The van der Waals surface area contributed by atoms with E-state index in [9.17, 15) is 33.1 Å². The molecule has 0 radical (unpaired) electrons. The smallest absolute Gasteiger partial charge is 0.397 e. The molecule has 13 heteroatoms. The predicted octanol–water partition coefficient (Wildman–Crippen LogP) is 13.6. The Morgan fingerprint density at radius 2 is 0.986 bits per heavy atom. The van der Waals surface area contributed by atoms with Gasteiger partial charge in [-0.2, -0.15) is 8.42 Å². The lowest BCUT2D eigenvalue weighted by Crippen LogP contribution is -2.60. The zero-order valence-electron chi connectivity index (χ0n) is 44.1. The highest BCUT2D eigenvalue weighted by molar-refractivity contribution is 7.80. The molecule has 0 aromatic rings. The van der Waals surface area contributed by atoms with Crippen LogP contribution in [0.4, 0.5) is 0 Å². The third kappa shape index (κ3) is 40.3. The van der Waals surface area contributed by atoms with Crippen LogP contribution >= 0.6 is 0 Å². The van der Waals surface area contributed by atoms with Crippen molar-refractivity contribution < 1.29 is 56.2 Å². The van der Waals surface area contributed by atoms with Gasteiger partial charge in [0, 0.05) is 13.0 Å². The van der Waals surface area contributed by atoms with E-state index in [2.05, 4.69) is 78.8 Å². The Labute approximate surface area is 427 Å². The molecule has 12 nitrogen and oxygen atoms in total. The Morgan fingerprint density at radius 3 is 1.46 bits per heavy atom. The van der Waals surface area contributed by atoms with Gasteiger partial charge < -0.3 is 34.3 Å². The van der Waals surface area contributed by atoms with Crippen LogP contribution in [-0.4, -0.2) is 97.5 Å². The minimum absolute atomic E-state index is 0.0328. The largest absolute Gasteiger partial charge is 0.457 e. The van der Waals surface area contributed by atoms with E-state index in [0.29, 0.717) is 13.0 Å². The summed E-state index contributed by atoms with van der Waals surface area (Å²) < 4.78 is 59.4. The van der Waals surface area contributed by atoms with Crippen LogP contribution in [0.15, 0.2) is 60.8 Å². The summed E-state index contributed by atoms with van der Waals surface area (Å²) in [6, 6.07) is 0. The first-order valence-electron chi connectivity index (χ1n) is 28.0. The van der Waals surface area contributed by atoms with E-state index in [1.165, 1.54) is 135 Å². The van der Waals surface area contributed by atoms with Crippen LogP contribution in [0.3, 0.4) is 0 Å². The number of allylic oxidation sites excluding steroid dienone is 10.